The predicted molar refractivity (Wildman–Crippen MR) is 75.7 cm³/mol. The van der Waals surface area contributed by atoms with Crippen molar-refractivity contribution in [2.75, 3.05) is 7.11 Å². The number of halogens is 1. The van der Waals surface area contributed by atoms with Crippen molar-refractivity contribution in [2.24, 2.45) is 0 Å². The Morgan fingerprint density at radius 2 is 1.90 bits per heavy atom. The number of hydrogen-bond acceptors (Lipinski definition) is 3. The lowest BCUT2D eigenvalue weighted by Crippen LogP contribution is -2.19. The highest BCUT2D eigenvalue weighted by Crippen LogP contribution is 2.21. The smallest absolute Gasteiger partial charge is 0.165 e. The van der Waals surface area contributed by atoms with Crippen LogP contribution in [0.25, 0.3) is 0 Å². The van der Waals surface area contributed by atoms with Crippen LogP contribution in [0.5, 0.6) is 5.75 Å². The first-order valence-electron chi connectivity index (χ1n) is 6.45. The zero-order valence-electron chi connectivity index (χ0n) is 11.6. The van der Waals surface area contributed by atoms with Gasteiger partial charge < -0.3 is 4.74 Å². The van der Waals surface area contributed by atoms with E-state index in [-0.39, 0.29) is 17.6 Å². The molecule has 0 fully saturated rings. The topological polar surface area (TPSA) is 30.5 Å². The van der Waals surface area contributed by atoms with Gasteiger partial charge in [0.25, 0.3) is 0 Å². The first-order chi connectivity index (χ1) is 9.70. The largest absolute Gasteiger partial charge is 0.494 e. The molecule has 1 unspecified atom stereocenters. The third kappa shape index (κ3) is 3.79. The van der Waals surface area contributed by atoms with Crippen LogP contribution in [-0.2, 0) is 11.4 Å². The molecule has 2 aromatic rings. The summed E-state index contributed by atoms with van der Waals surface area (Å²) in [7, 11) is 1.45. The van der Waals surface area contributed by atoms with E-state index in [1.54, 1.807) is 6.07 Å². The van der Waals surface area contributed by atoms with Crippen molar-refractivity contribution in [3.63, 3.8) is 0 Å². The average molecular weight is 275 g/mol. The minimum atomic E-state index is -0.373. The Kier molecular flexibility index (Phi) is 5.09. The Balaban J connectivity index is 1.88. The van der Waals surface area contributed by atoms with E-state index < -0.39 is 0 Å². The lowest BCUT2D eigenvalue weighted by molar-refractivity contribution is 0.00692. The molecule has 1 N–H and O–H groups in total. The van der Waals surface area contributed by atoms with Gasteiger partial charge in [-0.2, -0.15) is 5.48 Å². The average Bonchev–Trinajstić information content (AvgIpc) is 2.48. The molecule has 0 aliphatic rings. The molecule has 0 aromatic heterocycles. The van der Waals surface area contributed by atoms with Crippen LogP contribution in [0.4, 0.5) is 4.39 Å². The van der Waals surface area contributed by atoms with Crippen LogP contribution in [0.1, 0.15) is 24.1 Å². The number of benzene rings is 2. The number of hydroxylamine groups is 1. The molecular weight excluding hydrogens is 257 g/mol. The van der Waals surface area contributed by atoms with Gasteiger partial charge in [0.15, 0.2) is 11.6 Å². The number of ether oxygens (including phenoxy) is 1. The van der Waals surface area contributed by atoms with E-state index in [0.29, 0.717) is 6.61 Å². The van der Waals surface area contributed by atoms with Crippen molar-refractivity contribution in [1.29, 1.82) is 0 Å². The van der Waals surface area contributed by atoms with Gasteiger partial charge in [0.05, 0.1) is 19.8 Å². The molecule has 0 aliphatic heterocycles. The lowest BCUT2D eigenvalue weighted by atomic mass is 10.1. The van der Waals surface area contributed by atoms with E-state index >= 15 is 0 Å². The van der Waals surface area contributed by atoms with Crippen molar-refractivity contribution in [3.8, 4) is 5.75 Å². The Labute approximate surface area is 118 Å². The molecular formula is C16H18FNO2. The van der Waals surface area contributed by atoms with E-state index in [1.807, 2.05) is 43.3 Å². The molecule has 4 heteroatoms. The molecule has 106 valence electrons. The van der Waals surface area contributed by atoms with Crippen LogP contribution >= 0.6 is 0 Å². The van der Waals surface area contributed by atoms with Crippen molar-refractivity contribution < 1.29 is 14.0 Å². The molecule has 0 bridgehead atoms. The number of nitrogens with one attached hydrogen (secondary N) is 1. The normalized spacial score (nSPS) is 12.2. The third-order valence-corrected chi connectivity index (χ3v) is 3.02. The van der Waals surface area contributed by atoms with Gasteiger partial charge in [-0.1, -0.05) is 36.4 Å². The Morgan fingerprint density at radius 1 is 1.15 bits per heavy atom. The summed E-state index contributed by atoms with van der Waals surface area (Å²) in [5, 5.41) is 0. The summed E-state index contributed by atoms with van der Waals surface area (Å²) < 4.78 is 18.5. The molecule has 2 rings (SSSR count). The number of hydrogen-bond donors (Lipinski definition) is 1. The quantitative estimate of drug-likeness (QED) is 0.817. The fraction of sp³-hybridized carbons (Fsp3) is 0.250. The lowest BCUT2D eigenvalue weighted by Gasteiger charge is -2.15. The van der Waals surface area contributed by atoms with Gasteiger partial charge in [-0.15, -0.1) is 0 Å². The van der Waals surface area contributed by atoms with E-state index in [9.17, 15) is 4.39 Å². The highest BCUT2D eigenvalue weighted by molar-refractivity contribution is 5.30. The zero-order chi connectivity index (χ0) is 14.4. The summed E-state index contributed by atoms with van der Waals surface area (Å²) in [6.45, 7) is 2.37. The highest BCUT2D eigenvalue weighted by atomic mass is 19.1. The molecule has 0 spiro atoms. The van der Waals surface area contributed by atoms with Crippen LogP contribution in [0.3, 0.4) is 0 Å². The molecule has 0 heterocycles. The van der Waals surface area contributed by atoms with Gasteiger partial charge >= 0.3 is 0 Å². The van der Waals surface area contributed by atoms with Gasteiger partial charge in [-0.3, -0.25) is 4.84 Å². The second-order valence-electron chi connectivity index (χ2n) is 4.51. The number of methoxy groups -OCH3 is 1. The summed E-state index contributed by atoms with van der Waals surface area (Å²) in [6.07, 6.45) is 0. The third-order valence-electron chi connectivity index (χ3n) is 3.02. The monoisotopic (exact) mass is 275 g/mol. The van der Waals surface area contributed by atoms with Crippen molar-refractivity contribution in [2.45, 2.75) is 19.6 Å². The van der Waals surface area contributed by atoms with E-state index in [4.69, 9.17) is 9.57 Å². The maximum Gasteiger partial charge on any atom is 0.165 e. The Morgan fingerprint density at radius 3 is 2.55 bits per heavy atom. The second-order valence-corrected chi connectivity index (χ2v) is 4.51. The van der Waals surface area contributed by atoms with Crippen LogP contribution in [0, 0.1) is 5.82 Å². The van der Waals surface area contributed by atoms with Gasteiger partial charge in [0.2, 0.25) is 0 Å². The van der Waals surface area contributed by atoms with Gasteiger partial charge in [0.1, 0.15) is 0 Å². The molecule has 20 heavy (non-hydrogen) atoms. The van der Waals surface area contributed by atoms with E-state index in [1.165, 1.54) is 13.2 Å². The molecule has 0 saturated heterocycles. The minimum Gasteiger partial charge on any atom is -0.494 e. The first kappa shape index (κ1) is 14.5. The fourth-order valence-corrected chi connectivity index (χ4v) is 1.84. The Hall–Kier alpha value is -1.91. The van der Waals surface area contributed by atoms with Crippen LogP contribution in [-0.4, -0.2) is 7.11 Å². The summed E-state index contributed by atoms with van der Waals surface area (Å²) >= 11 is 0. The molecule has 2 aromatic carbocycles. The summed E-state index contributed by atoms with van der Waals surface area (Å²) in [4.78, 5) is 5.43. The first-order valence-corrected chi connectivity index (χ1v) is 6.45. The van der Waals surface area contributed by atoms with Crippen LogP contribution in [0.15, 0.2) is 48.5 Å². The van der Waals surface area contributed by atoms with E-state index in [0.717, 1.165) is 11.1 Å². The summed E-state index contributed by atoms with van der Waals surface area (Å²) in [5.41, 5.74) is 4.78. The van der Waals surface area contributed by atoms with Crippen molar-refractivity contribution >= 4 is 0 Å². The molecule has 0 saturated carbocycles. The maximum atomic E-state index is 13.6. The summed E-state index contributed by atoms with van der Waals surface area (Å²) in [6, 6.07) is 14.6. The summed E-state index contributed by atoms with van der Waals surface area (Å²) in [5.74, 6) is -0.132. The maximum absolute atomic E-state index is 13.6. The minimum absolute atomic E-state index is 0.112. The van der Waals surface area contributed by atoms with Gasteiger partial charge in [-0.05, 0) is 30.2 Å². The number of rotatable bonds is 6. The molecule has 0 aliphatic carbocycles. The van der Waals surface area contributed by atoms with Gasteiger partial charge in [0, 0.05) is 0 Å². The SMILES string of the molecule is COc1ccc(C(C)NOCc2ccccc2)cc1F. The zero-order valence-corrected chi connectivity index (χ0v) is 11.6. The fourth-order valence-electron chi connectivity index (χ4n) is 1.84. The molecule has 3 nitrogen and oxygen atoms in total. The predicted octanol–water partition coefficient (Wildman–Crippen LogP) is 3.62. The Bertz CT molecular complexity index is 545. The second kappa shape index (κ2) is 7.03. The van der Waals surface area contributed by atoms with E-state index in [2.05, 4.69) is 5.48 Å². The van der Waals surface area contributed by atoms with Crippen LogP contribution < -0.4 is 10.2 Å². The highest BCUT2D eigenvalue weighted by Gasteiger charge is 2.09. The molecule has 0 radical (unpaired) electrons. The standard InChI is InChI=1S/C16H18FNO2/c1-12(14-8-9-16(19-2)15(17)10-14)18-20-11-13-6-4-3-5-7-13/h3-10,12,18H,11H2,1-2H3. The molecule has 0 amide bonds. The van der Waals surface area contributed by atoms with Gasteiger partial charge in [-0.25, -0.2) is 4.39 Å². The van der Waals surface area contributed by atoms with Crippen molar-refractivity contribution in [3.05, 3.63) is 65.5 Å². The van der Waals surface area contributed by atoms with Crippen molar-refractivity contribution in [1.82, 2.24) is 5.48 Å². The van der Waals surface area contributed by atoms with Crippen LogP contribution in [0.2, 0.25) is 0 Å². The molecule has 1 atom stereocenters.